The van der Waals surface area contributed by atoms with Crippen LogP contribution in [0.3, 0.4) is 0 Å². The lowest BCUT2D eigenvalue weighted by Crippen LogP contribution is -2.43. The van der Waals surface area contributed by atoms with E-state index in [1.807, 2.05) is 0 Å². The normalized spacial score (nSPS) is 12.8. The molecule has 10 heteroatoms. The summed E-state index contributed by atoms with van der Waals surface area (Å²) < 4.78 is 59.3. The number of hydrogen-bond donors (Lipinski definition) is 1. The number of aromatic amines is 1. The van der Waals surface area contributed by atoms with Gasteiger partial charge in [-0.15, -0.1) is 0 Å². The minimum atomic E-state index is -4.55. The highest BCUT2D eigenvalue weighted by Gasteiger charge is 2.35. The Morgan fingerprint density at radius 3 is 2.35 bits per heavy atom. The molecule has 0 aromatic carbocycles. The first-order valence-corrected chi connectivity index (χ1v) is 7.73. The number of halogens is 4. The minimum absolute atomic E-state index is 0.276. The van der Waals surface area contributed by atoms with Crippen LogP contribution in [0.1, 0.15) is 24.3 Å². The van der Waals surface area contributed by atoms with Crippen molar-refractivity contribution in [2.24, 2.45) is 0 Å². The van der Waals surface area contributed by atoms with Crippen molar-refractivity contribution < 1.29 is 26.4 Å². The largest absolute Gasteiger partial charge is 0.406 e. The molecule has 0 aliphatic heterocycles. The van der Waals surface area contributed by atoms with Gasteiger partial charge in [-0.05, 0) is 19.9 Å². The van der Waals surface area contributed by atoms with Crippen LogP contribution in [0.15, 0.2) is 17.2 Å². The second kappa shape index (κ2) is 5.65. The van der Waals surface area contributed by atoms with E-state index in [9.17, 15) is 26.4 Å². The summed E-state index contributed by atoms with van der Waals surface area (Å²) in [6, 6.07) is 0.194. The van der Waals surface area contributed by atoms with Gasteiger partial charge in [-0.2, -0.15) is 13.2 Å². The third-order valence-corrected chi connectivity index (χ3v) is 3.74. The Morgan fingerprint density at radius 2 is 2.00 bits per heavy atom. The third kappa shape index (κ3) is 4.41. The number of rotatable bonds is 4. The molecule has 1 rings (SSSR count). The van der Waals surface area contributed by atoms with Gasteiger partial charge < -0.3 is 9.88 Å². The number of nitrogens with zero attached hydrogens (tertiary/aromatic N) is 1. The van der Waals surface area contributed by atoms with Gasteiger partial charge in [0, 0.05) is 22.9 Å². The van der Waals surface area contributed by atoms with Gasteiger partial charge in [-0.3, -0.25) is 4.79 Å². The number of nitrogens with one attached hydrogen (secondary N) is 1. The highest BCUT2D eigenvalue weighted by molar-refractivity contribution is 8.13. The standard InChI is InChI=1S/C10H12ClF3N2O3S/c1-6(2)16(5-10(12,13)14)9(17)8-3-7(4-15-8)20(11,18)19/h3-4,6,15H,5H2,1-2H3. The second-order valence-corrected chi connectivity index (χ2v) is 6.89. The first-order chi connectivity index (χ1) is 8.92. The lowest BCUT2D eigenvalue weighted by Gasteiger charge is -2.27. The number of carbonyl (C=O) groups excluding carboxylic acids is 1. The van der Waals surface area contributed by atoms with Gasteiger partial charge in [0.15, 0.2) is 0 Å². The Balaban J connectivity index is 3.05. The second-order valence-electron chi connectivity index (χ2n) is 4.33. The molecule has 0 bridgehead atoms. The maximum atomic E-state index is 12.4. The average Bonchev–Trinajstić information content (AvgIpc) is 2.72. The van der Waals surface area contributed by atoms with Crippen LogP contribution in [-0.2, 0) is 9.05 Å². The molecule has 0 radical (unpaired) electrons. The molecule has 1 aromatic rings. The van der Waals surface area contributed by atoms with E-state index in [0.717, 1.165) is 12.3 Å². The van der Waals surface area contributed by atoms with Crippen LogP contribution in [0.4, 0.5) is 13.2 Å². The number of carbonyl (C=O) groups is 1. The van der Waals surface area contributed by atoms with Crippen LogP contribution in [-0.4, -0.2) is 43.0 Å². The first kappa shape index (κ1) is 16.8. The van der Waals surface area contributed by atoms with Crippen LogP contribution in [0, 0.1) is 0 Å². The molecule has 0 fully saturated rings. The summed E-state index contributed by atoms with van der Waals surface area (Å²) in [6.07, 6.45) is -3.60. The van der Waals surface area contributed by atoms with E-state index in [-0.39, 0.29) is 10.6 Å². The predicted molar refractivity (Wildman–Crippen MR) is 66.1 cm³/mol. The van der Waals surface area contributed by atoms with Crippen LogP contribution in [0.2, 0.25) is 0 Å². The van der Waals surface area contributed by atoms with Gasteiger partial charge >= 0.3 is 6.18 Å². The predicted octanol–water partition coefficient (Wildman–Crippen LogP) is 2.36. The van der Waals surface area contributed by atoms with E-state index in [1.165, 1.54) is 13.8 Å². The van der Waals surface area contributed by atoms with E-state index in [2.05, 4.69) is 4.98 Å². The molecule has 1 aromatic heterocycles. The molecule has 0 atom stereocenters. The maximum absolute atomic E-state index is 12.4. The Bertz CT molecular complexity index is 595. The SMILES string of the molecule is CC(C)N(CC(F)(F)F)C(=O)c1cc(S(=O)(=O)Cl)c[nH]1. The summed E-state index contributed by atoms with van der Waals surface area (Å²) in [7, 11) is 1.02. The van der Waals surface area contributed by atoms with Crippen molar-refractivity contribution in [1.29, 1.82) is 0 Å². The van der Waals surface area contributed by atoms with Crippen LogP contribution < -0.4 is 0 Å². The van der Waals surface area contributed by atoms with Crippen molar-refractivity contribution in [2.75, 3.05) is 6.54 Å². The highest BCUT2D eigenvalue weighted by Crippen LogP contribution is 2.21. The smallest absolute Gasteiger partial charge is 0.356 e. The Hall–Kier alpha value is -1.22. The average molecular weight is 333 g/mol. The van der Waals surface area contributed by atoms with Gasteiger partial charge in [0.05, 0.1) is 0 Å². The van der Waals surface area contributed by atoms with E-state index in [0.29, 0.717) is 4.90 Å². The number of alkyl halides is 3. The van der Waals surface area contributed by atoms with Gasteiger partial charge in [-0.25, -0.2) is 8.42 Å². The summed E-state index contributed by atoms with van der Waals surface area (Å²) in [5.41, 5.74) is -0.276. The molecule has 0 unspecified atom stereocenters. The first-order valence-electron chi connectivity index (χ1n) is 5.42. The molecular weight excluding hydrogens is 321 g/mol. The van der Waals surface area contributed by atoms with E-state index in [1.54, 1.807) is 0 Å². The van der Waals surface area contributed by atoms with Gasteiger partial charge in [0.2, 0.25) is 0 Å². The Labute approximate surface area is 118 Å². The van der Waals surface area contributed by atoms with Crippen molar-refractivity contribution in [3.05, 3.63) is 18.0 Å². The summed E-state index contributed by atoms with van der Waals surface area (Å²) in [4.78, 5) is 14.5. The molecule has 5 nitrogen and oxygen atoms in total. The van der Waals surface area contributed by atoms with E-state index in [4.69, 9.17) is 10.7 Å². The van der Waals surface area contributed by atoms with Crippen molar-refractivity contribution >= 4 is 25.6 Å². The summed E-state index contributed by atoms with van der Waals surface area (Å²) >= 11 is 0. The van der Waals surface area contributed by atoms with Crippen molar-refractivity contribution in [1.82, 2.24) is 9.88 Å². The quantitative estimate of drug-likeness (QED) is 0.860. The third-order valence-electron chi connectivity index (χ3n) is 2.40. The zero-order chi connectivity index (χ0) is 15.7. The topological polar surface area (TPSA) is 70.2 Å². The number of hydrogen-bond acceptors (Lipinski definition) is 3. The van der Waals surface area contributed by atoms with Crippen molar-refractivity contribution in [3.63, 3.8) is 0 Å². The van der Waals surface area contributed by atoms with Gasteiger partial charge in [-0.1, -0.05) is 0 Å². The lowest BCUT2D eigenvalue weighted by atomic mass is 10.2. The lowest BCUT2D eigenvalue weighted by molar-refractivity contribution is -0.143. The molecule has 20 heavy (non-hydrogen) atoms. The molecule has 0 aliphatic rings. The monoisotopic (exact) mass is 332 g/mol. The number of amides is 1. The molecular formula is C10H12ClF3N2O3S. The fourth-order valence-corrected chi connectivity index (χ4v) is 2.20. The summed E-state index contributed by atoms with van der Waals surface area (Å²) in [5.74, 6) is -0.955. The molecule has 1 heterocycles. The molecule has 1 N–H and O–H groups in total. The molecule has 0 saturated heterocycles. The number of aromatic nitrogens is 1. The fourth-order valence-electron chi connectivity index (χ4n) is 1.48. The van der Waals surface area contributed by atoms with Crippen molar-refractivity contribution in [2.45, 2.75) is 31.0 Å². The zero-order valence-electron chi connectivity index (χ0n) is 10.5. The summed E-state index contributed by atoms with van der Waals surface area (Å²) in [5, 5.41) is 0. The van der Waals surface area contributed by atoms with Crippen LogP contribution in [0.25, 0.3) is 0 Å². The molecule has 1 amide bonds. The van der Waals surface area contributed by atoms with Gasteiger partial charge in [0.1, 0.15) is 17.1 Å². The molecule has 0 saturated carbocycles. The molecule has 0 spiro atoms. The van der Waals surface area contributed by atoms with Crippen molar-refractivity contribution in [3.8, 4) is 0 Å². The number of H-pyrrole nitrogens is 1. The fraction of sp³-hybridized carbons (Fsp3) is 0.500. The van der Waals surface area contributed by atoms with Crippen LogP contribution >= 0.6 is 10.7 Å². The Kier molecular flexibility index (Phi) is 4.75. The van der Waals surface area contributed by atoms with E-state index >= 15 is 0 Å². The Morgan fingerprint density at radius 1 is 1.45 bits per heavy atom. The highest BCUT2D eigenvalue weighted by atomic mass is 35.7. The molecule has 114 valence electrons. The van der Waals surface area contributed by atoms with Crippen LogP contribution in [0.5, 0.6) is 0 Å². The molecule has 0 aliphatic carbocycles. The zero-order valence-corrected chi connectivity index (χ0v) is 12.1. The summed E-state index contributed by atoms with van der Waals surface area (Å²) in [6.45, 7) is 1.42. The minimum Gasteiger partial charge on any atom is -0.356 e. The van der Waals surface area contributed by atoms with E-state index < -0.39 is 33.7 Å². The van der Waals surface area contributed by atoms with Gasteiger partial charge in [0.25, 0.3) is 15.0 Å². The maximum Gasteiger partial charge on any atom is 0.406 e.